The summed E-state index contributed by atoms with van der Waals surface area (Å²) in [5.41, 5.74) is -2.92. The van der Waals surface area contributed by atoms with Crippen LogP contribution in [-0.2, 0) is 28.6 Å². The molecule has 6 heteroatoms. The zero-order valence-corrected chi connectivity index (χ0v) is 23.5. The van der Waals surface area contributed by atoms with Crippen molar-refractivity contribution in [3.8, 4) is 0 Å². The number of hydrogen-bond acceptors (Lipinski definition) is 6. The van der Waals surface area contributed by atoms with E-state index in [2.05, 4.69) is 19.7 Å². The van der Waals surface area contributed by atoms with Crippen molar-refractivity contribution in [1.82, 2.24) is 0 Å². The van der Waals surface area contributed by atoms with Gasteiger partial charge in [-0.25, -0.2) is 14.4 Å². The molecule has 4 fully saturated rings. The quantitative estimate of drug-likeness (QED) is 0.212. The smallest absolute Gasteiger partial charge is 0.333 e. The van der Waals surface area contributed by atoms with Gasteiger partial charge in [0.2, 0.25) is 0 Å². The van der Waals surface area contributed by atoms with Crippen LogP contribution in [-0.4, -0.2) is 34.7 Å². The summed E-state index contributed by atoms with van der Waals surface area (Å²) in [6.07, 6.45) is 6.07. The first-order valence-corrected chi connectivity index (χ1v) is 12.9. The third-order valence-corrected chi connectivity index (χ3v) is 9.82. The van der Waals surface area contributed by atoms with Crippen molar-refractivity contribution < 1.29 is 28.6 Å². The molecule has 36 heavy (non-hydrogen) atoms. The number of ether oxygens (including phenoxy) is 3. The van der Waals surface area contributed by atoms with Crippen LogP contribution in [0.3, 0.4) is 0 Å². The predicted molar refractivity (Wildman–Crippen MR) is 139 cm³/mol. The number of hydrogen-bond donors (Lipinski definition) is 0. The number of rotatable bonds is 9. The topological polar surface area (TPSA) is 78.9 Å². The summed E-state index contributed by atoms with van der Waals surface area (Å²) in [4.78, 5) is 37.9. The van der Waals surface area contributed by atoms with Gasteiger partial charge in [0, 0.05) is 33.5 Å². The Bertz CT molecular complexity index is 956. The lowest BCUT2D eigenvalue weighted by atomic mass is 9.33. The fourth-order valence-corrected chi connectivity index (χ4v) is 7.71. The molecule has 0 amide bonds. The van der Waals surface area contributed by atoms with Crippen molar-refractivity contribution in [2.24, 2.45) is 22.2 Å². The van der Waals surface area contributed by atoms with Crippen LogP contribution in [0.15, 0.2) is 37.0 Å². The van der Waals surface area contributed by atoms with Gasteiger partial charge < -0.3 is 14.2 Å². The Hall–Kier alpha value is -2.37. The van der Waals surface area contributed by atoms with Crippen LogP contribution in [0.1, 0.15) is 93.9 Å². The van der Waals surface area contributed by atoms with Crippen LogP contribution < -0.4 is 0 Å². The molecule has 0 radical (unpaired) electrons. The third-order valence-electron chi connectivity index (χ3n) is 9.82. The Morgan fingerprint density at radius 3 is 1.28 bits per heavy atom. The standard InChI is InChI=1S/C30H44O6/c1-12-22(31)34-25(6,7)28-13-21-14-29(16-28,26(8,9)35-23(32)19(2)3)18-30(15-21,17-28)27(10,11)36-24(33)20(4)5/h12,21H,1-2,4,13-18H2,3,5-11H3. The van der Waals surface area contributed by atoms with Crippen LogP contribution in [0, 0.1) is 22.2 Å². The molecule has 4 bridgehead atoms. The maximum Gasteiger partial charge on any atom is 0.333 e. The van der Waals surface area contributed by atoms with E-state index in [1.54, 1.807) is 13.8 Å². The molecule has 0 aromatic rings. The lowest BCUT2D eigenvalue weighted by molar-refractivity contribution is -0.297. The van der Waals surface area contributed by atoms with Gasteiger partial charge in [0.1, 0.15) is 16.8 Å². The van der Waals surface area contributed by atoms with Gasteiger partial charge in [-0.2, -0.15) is 0 Å². The first kappa shape index (κ1) is 28.2. The first-order valence-electron chi connectivity index (χ1n) is 12.9. The maximum absolute atomic E-state index is 12.7. The van der Waals surface area contributed by atoms with Crippen molar-refractivity contribution in [3.05, 3.63) is 37.0 Å². The Kier molecular flexibility index (Phi) is 6.73. The first-order chi connectivity index (χ1) is 16.3. The summed E-state index contributed by atoms with van der Waals surface area (Å²) in [6, 6.07) is 0. The van der Waals surface area contributed by atoms with E-state index >= 15 is 0 Å². The maximum atomic E-state index is 12.7. The zero-order chi connectivity index (χ0) is 27.5. The summed E-state index contributed by atoms with van der Waals surface area (Å²) in [7, 11) is 0. The fraction of sp³-hybridized carbons (Fsp3) is 0.700. The average molecular weight is 501 g/mol. The second-order valence-electron chi connectivity index (χ2n) is 13.3. The molecule has 0 heterocycles. The Morgan fingerprint density at radius 1 is 0.694 bits per heavy atom. The highest BCUT2D eigenvalue weighted by molar-refractivity contribution is 5.87. The largest absolute Gasteiger partial charge is 0.456 e. The molecule has 0 spiro atoms. The molecule has 4 saturated carbocycles. The minimum Gasteiger partial charge on any atom is -0.456 e. The van der Waals surface area contributed by atoms with Crippen molar-refractivity contribution >= 4 is 17.9 Å². The normalized spacial score (nSPS) is 31.4. The van der Waals surface area contributed by atoms with E-state index in [4.69, 9.17) is 14.2 Å². The lowest BCUT2D eigenvalue weighted by Gasteiger charge is -2.73. The van der Waals surface area contributed by atoms with Gasteiger partial charge in [-0.1, -0.05) is 19.7 Å². The van der Waals surface area contributed by atoms with E-state index in [0.717, 1.165) is 38.5 Å². The summed E-state index contributed by atoms with van der Waals surface area (Å²) >= 11 is 0. The number of carbonyl (C=O) groups is 3. The van der Waals surface area contributed by atoms with Crippen molar-refractivity contribution in [3.63, 3.8) is 0 Å². The van der Waals surface area contributed by atoms with Gasteiger partial charge in [-0.05, 0) is 99.8 Å². The van der Waals surface area contributed by atoms with Crippen LogP contribution in [0.5, 0.6) is 0 Å². The SMILES string of the molecule is C=CC(=O)OC(C)(C)C12CC3CC(C(C)(C)OC(=O)C(=C)C)(C1)CC(C(C)(C)OC(=O)C(=C)C)(C3)C2. The number of esters is 3. The Morgan fingerprint density at radius 2 is 1.00 bits per heavy atom. The van der Waals surface area contributed by atoms with E-state index in [-0.39, 0.29) is 0 Å². The van der Waals surface area contributed by atoms with Gasteiger partial charge in [0.25, 0.3) is 0 Å². The Labute approximate surface area is 216 Å². The fourth-order valence-electron chi connectivity index (χ4n) is 7.71. The van der Waals surface area contributed by atoms with Crippen LogP contribution in [0.4, 0.5) is 0 Å². The molecular formula is C30H44O6. The molecule has 4 aliphatic rings. The minimum atomic E-state index is -0.813. The lowest BCUT2D eigenvalue weighted by Crippen LogP contribution is -2.71. The van der Waals surface area contributed by atoms with Crippen LogP contribution in [0.25, 0.3) is 0 Å². The molecule has 4 aliphatic carbocycles. The van der Waals surface area contributed by atoms with Gasteiger partial charge in [-0.3, -0.25) is 0 Å². The number of carbonyl (C=O) groups excluding carboxylic acids is 3. The minimum absolute atomic E-state index is 0.300. The summed E-state index contributed by atoms with van der Waals surface area (Å²) in [5, 5.41) is 0. The van der Waals surface area contributed by atoms with Crippen LogP contribution >= 0.6 is 0 Å². The van der Waals surface area contributed by atoms with Crippen molar-refractivity contribution in [1.29, 1.82) is 0 Å². The second kappa shape index (κ2) is 8.59. The highest BCUT2D eigenvalue weighted by Gasteiger charge is 2.74. The predicted octanol–water partition coefficient (Wildman–Crippen LogP) is 6.25. The summed E-state index contributed by atoms with van der Waals surface area (Å²) < 4.78 is 18.3. The van der Waals surface area contributed by atoms with E-state index in [0.29, 0.717) is 17.1 Å². The van der Waals surface area contributed by atoms with E-state index in [1.165, 1.54) is 6.08 Å². The molecule has 0 aromatic heterocycles. The molecule has 2 unspecified atom stereocenters. The Balaban J connectivity index is 2.17. The van der Waals surface area contributed by atoms with Gasteiger partial charge in [0.05, 0.1) is 0 Å². The highest BCUT2D eigenvalue weighted by atomic mass is 16.6. The second-order valence-corrected chi connectivity index (χ2v) is 13.3. The summed E-state index contributed by atoms with van der Waals surface area (Å²) in [6.45, 7) is 26.3. The molecule has 0 aromatic carbocycles. The monoisotopic (exact) mass is 500 g/mol. The van der Waals surface area contributed by atoms with E-state index in [9.17, 15) is 14.4 Å². The van der Waals surface area contributed by atoms with E-state index in [1.807, 2.05) is 41.5 Å². The molecule has 4 rings (SSSR count). The highest BCUT2D eigenvalue weighted by Crippen LogP contribution is 2.77. The zero-order valence-electron chi connectivity index (χ0n) is 23.5. The molecule has 6 nitrogen and oxygen atoms in total. The van der Waals surface area contributed by atoms with Gasteiger partial charge in [0.15, 0.2) is 0 Å². The third kappa shape index (κ3) is 4.35. The van der Waals surface area contributed by atoms with Gasteiger partial charge in [-0.15, -0.1) is 0 Å². The molecule has 0 saturated heterocycles. The van der Waals surface area contributed by atoms with Crippen LogP contribution in [0.2, 0.25) is 0 Å². The average Bonchev–Trinajstić information content (AvgIpc) is 2.71. The van der Waals surface area contributed by atoms with Gasteiger partial charge >= 0.3 is 17.9 Å². The van der Waals surface area contributed by atoms with Crippen molar-refractivity contribution in [2.45, 2.75) is 111 Å². The molecular weight excluding hydrogens is 456 g/mol. The molecule has 200 valence electrons. The molecule has 0 aliphatic heterocycles. The van der Waals surface area contributed by atoms with Crippen molar-refractivity contribution in [2.75, 3.05) is 0 Å². The summed E-state index contributed by atoms with van der Waals surface area (Å²) in [5.74, 6) is -0.985. The van der Waals surface area contributed by atoms with E-state index < -0.39 is 51.0 Å². The molecule has 2 atom stereocenters. The molecule has 0 N–H and O–H groups in total.